The highest BCUT2D eigenvalue weighted by Crippen LogP contribution is 2.42. The van der Waals surface area contributed by atoms with E-state index in [9.17, 15) is 9.32 Å². The van der Waals surface area contributed by atoms with E-state index in [-0.39, 0.29) is 10.5 Å². The van der Waals surface area contributed by atoms with E-state index < -0.39 is 24.5 Å². The lowest BCUT2D eigenvalue weighted by molar-refractivity contribution is 0.0278. The van der Waals surface area contributed by atoms with E-state index in [1.807, 2.05) is 0 Å². The van der Waals surface area contributed by atoms with Gasteiger partial charge in [0.2, 0.25) is 0 Å². The van der Waals surface area contributed by atoms with Gasteiger partial charge >= 0.3 is 0 Å². The summed E-state index contributed by atoms with van der Waals surface area (Å²) in [5.74, 6) is 3.18. The summed E-state index contributed by atoms with van der Waals surface area (Å²) in [5.41, 5.74) is 2.65. The fourth-order valence-corrected chi connectivity index (χ4v) is 5.64. The van der Waals surface area contributed by atoms with Gasteiger partial charge in [0.1, 0.15) is 8.07 Å². The Labute approximate surface area is 108 Å². The molecule has 2 saturated heterocycles. The molecule has 0 aromatic heterocycles. The van der Waals surface area contributed by atoms with Crippen LogP contribution in [0.15, 0.2) is 0 Å². The van der Waals surface area contributed by atoms with Crippen molar-refractivity contribution in [3.8, 4) is 11.5 Å². The molecule has 0 radical (unpaired) electrons. The van der Waals surface area contributed by atoms with E-state index in [1.54, 1.807) is 0 Å². The molecule has 96 valence electrons. The van der Waals surface area contributed by atoms with E-state index in [0.29, 0.717) is 19.3 Å². The Morgan fingerprint density at radius 3 is 2.29 bits per heavy atom. The van der Waals surface area contributed by atoms with Gasteiger partial charge in [-0.25, -0.2) is 0 Å². The average molecular weight is 270 g/mol. The Kier molecular flexibility index (Phi) is 3.55. The maximum atomic E-state index is 11.9. The van der Waals surface area contributed by atoms with Gasteiger partial charge in [0.05, 0.1) is 5.60 Å². The normalized spacial score (nSPS) is 40.8. The van der Waals surface area contributed by atoms with Crippen LogP contribution in [0.25, 0.3) is 0 Å². The van der Waals surface area contributed by atoms with Gasteiger partial charge in [-0.1, -0.05) is 19.6 Å². The molecule has 2 rings (SSSR count). The van der Waals surface area contributed by atoms with Gasteiger partial charge in [-0.2, -0.15) is 0 Å². The van der Waals surface area contributed by atoms with E-state index in [0.717, 1.165) is 12.8 Å². The zero-order valence-electron chi connectivity index (χ0n) is 11.0. The molecule has 1 N–H and O–H groups in total. The topological polar surface area (TPSA) is 37.3 Å². The average Bonchev–Trinajstić information content (AvgIpc) is 2.43. The molecule has 2 atom stereocenters. The first-order valence-corrected chi connectivity index (χ1v) is 11.2. The van der Waals surface area contributed by atoms with Crippen LogP contribution < -0.4 is 0 Å². The van der Waals surface area contributed by atoms with Crippen LogP contribution in [0.2, 0.25) is 19.6 Å². The van der Waals surface area contributed by atoms with Crippen LogP contribution >= 0.6 is 0 Å². The maximum absolute atomic E-state index is 11.9. The SMILES string of the molecule is C[Si](C)(C)C#CCC1(O)CC2CCC(C1)S2=O. The molecule has 4 heteroatoms. The fourth-order valence-electron chi connectivity index (χ4n) is 2.79. The quantitative estimate of drug-likeness (QED) is 0.585. The van der Waals surface area contributed by atoms with Crippen molar-refractivity contribution >= 4 is 18.9 Å². The van der Waals surface area contributed by atoms with Crippen LogP contribution in [0.4, 0.5) is 0 Å². The molecule has 17 heavy (non-hydrogen) atoms. The summed E-state index contributed by atoms with van der Waals surface area (Å²) in [6.45, 7) is 6.64. The number of rotatable bonds is 1. The smallest absolute Gasteiger partial charge is 0.129 e. The predicted octanol–water partition coefficient (Wildman–Crippen LogP) is 2.06. The molecule has 2 bridgehead atoms. The lowest BCUT2D eigenvalue weighted by Gasteiger charge is -2.34. The Morgan fingerprint density at radius 1 is 1.29 bits per heavy atom. The molecule has 0 spiro atoms. The summed E-state index contributed by atoms with van der Waals surface area (Å²) < 4.78 is 11.9. The molecule has 2 nitrogen and oxygen atoms in total. The van der Waals surface area contributed by atoms with Crippen LogP contribution in [0.1, 0.15) is 32.1 Å². The molecule has 2 aliphatic rings. The molecular weight excluding hydrogens is 248 g/mol. The Hall–Kier alpha value is -0.113. The van der Waals surface area contributed by atoms with Crippen LogP contribution in [-0.4, -0.2) is 33.5 Å². The summed E-state index contributed by atoms with van der Waals surface area (Å²) >= 11 is 0. The molecule has 0 amide bonds. The second-order valence-corrected chi connectivity index (χ2v) is 13.3. The molecule has 0 aromatic carbocycles. The molecule has 2 fully saturated rings. The van der Waals surface area contributed by atoms with E-state index in [4.69, 9.17) is 0 Å². The third-order valence-corrected chi connectivity index (χ3v) is 6.61. The van der Waals surface area contributed by atoms with Crippen LogP contribution in [0.3, 0.4) is 0 Å². The van der Waals surface area contributed by atoms with Crippen LogP contribution in [0.5, 0.6) is 0 Å². The van der Waals surface area contributed by atoms with E-state index in [1.165, 1.54) is 0 Å². The van der Waals surface area contributed by atoms with Gasteiger partial charge in [-0.05, 0) is 25.7 Å². The number of hydrogen-bond acceptors (Lipinski definition) is 2. The number of hydrogen-bond donors (Lipinski definition) is 1. The van der Waals surface area contributed by atoms with Crippen molar-refractivity contribution < 1.29 is 9.32 Å². The summed E-state index contributed by atoms with van der Waals surface area (Å²) in [5, 5.41) is 11.0. The minimum absolute atomic E-state index is 0.229. The molecule has 0 aliphatic carbocycles. The summed E-state index contributed by atoms with van der Waals surface area (Å²) in [6, 6.07) is 0. The zero-order chi connectivity index (χ0) is 12.7. The number of aliphatic hydroxyl groups is 1. The Morgan fingerprint density at radius 2 is 1.82 bits per heavy atom. The maximum Gasteiger partial charge on any atom is 0.129 e. The van der Waals surface area contributed by atoms with Crippen molar-refractivity contribution in [2.45, 2.75) is 67.8 Å². The van der Waals surface area contributed by atoms with Crippen molar-refractivity contribution in [3.63, 3.8) is 0 Å². The third-order valence-electron chi connectivity index (χ3n) is 3.56. The second-order valence-electron chi connectivity index (χ2n) is 6.51. The minimum atomic E-state index is -1.34. The molecule has 2 unspecified atom stereocenters. The second kappa shape index (κ2) is 4.53. The van der Waals surface area contributed by atoms with Gasteiger partial charge < -0.3 is 5.11 Å². The van der Waals surface area contributed by atoms with Crippen LogP contribution in [-0.2, 0) is 10.8 Å². The molecule has 0 saturated carbocycles. The lowest BCUT2D eigenvalue weighted by atomic mass is 9.90. The highest BCUT2D eigenvalue weighted by Gasteiger charge is 2.47. The van der Waals surface area contributed by atoms with Crippen molar-refractivity contribution in [3.05, 3.63) is 0 Å². The van der Waals surface area contributed by atoms with Gasteiger partial charge in [0.25, 0.3) is 0 Å². The van der Waals surface area contributed by atoms with E-state index in [2.05, 4.69) is 31.1 Å². The van der Waals surface area contributed by atoms with Crippen LogP contribution in [0, 0.1) is 11.5 Å². The number of fused-ring (bicyclic) bond motifs is 2. The standard InChI is InChI=1S/C13H22O2SSi/c1-17(2,3)8-4-7-13(14)9-11-5-6-12(10-13)16(11)15/h11-12,14H,5-7,9-10H2,1-3H3. The van der Waals surface area contributed by atoms with Crippen molar-refractivity contribution in [2.24, 2.45) is 0 Å². The predicted molar refractivity (Wildman–Crippen MR) is 74.9 cm³/mol. The minimum Gasteiger partial charge on any atom is -0.389 e. The van der Waals surface area contributed by atoms with Gasteiger partial charge in [-0.3, -0.25) is 4.21 Å². The highest BCUT2D eigenvalue weighted by atomic mass is 32.2. The first-order valence-electron chi connectivity index (χ1n) is 6.41. The first kappa shape index (κ1) is 13.3. The van der Waals surface area contributed by atoms with E-state index >= 15 is 0 Å². The molecular formula is C13H22O2SSi. The zero-order valence-corrected chi connectivity index (χ0v) is 12.8. The Bertz CT molecular complexity index is 372. The van der Waals surface area contributed by atoms with Crippen molar-refractivity contribution in [2.75, 3.05) is 0 Å². The largest absolute Gasteiger partial charge is 0.389 e. The lowest BCUT2D eigenvalue weighted by Crippen LogP contribution is -2.42. The third kappa shape index (κ3) is 3.21. The van der Waals surface area contributed by atoms with Gasteiger partial charge in [0, 0.05) is 27.7 Å². The fraction of sp³-hybridized carbons (Fsp3) is 0.846. The van der Waals surface area contributed by atoms with Crippen molar-refractivity contribution in [1.82, 2.24) is 0 Å². The summed E-state index contributed by atoms with van der Waals surface area (Å²) in [4.78, 5) is 0. The molecule has 0 aromatic rings. The van der Waals surface area contributed by atoms with Crippen molar-refractivity contribution in [1.29, 1.82) is 0 Å². The molecule has 2 heterocycles. The van der Waals surface area contributed by atoms with Gasteiger partial charge in [0.15, 0.2) is 0 Å². The molecule has 2 aliphatic heterocycles. The highest BCUT2D eigenvalue weighted by molar-refractivity contribution is 7.86. The summed E-state index contributed by atoms with van der Waals surface area (Å²) in [7, 11) is -2.03. The monoisotopic (exact) mass is 270 g/mol. The Balaban J connectivity index is 2.01. The first-order chi connectivity index (χ1) is 7.79. The van der Waals surface area contributed by atoms with Gasteiger partial charge in [-0.15, -0.1) is 11.5 Å². The summed E-state index contributed by atoms with van der Waals surface area (Å²) in [6.07, 6.45) is 4.01.